The Morgan fingerprint density at radius 2 is 2.08 bits per heavy atom. The van der Waals surface area contributed by atoms with E-state index in [0.717, 1.165) is 6.07 Å². The molecule has 1 unspecified atom stereocenters. The number of aromatic nitrogens is 2. The largest absolute Gasteiger partial charge is 0.435 e. The van der Waals surface area contributed by atoms with Gasteiger partial charge in [-0.05, 0) is 31.0 Å². The standard InChI is InChI=1S/C15H14BrF3N4O2/c16-10-3-4-12(13(8-10)23(24)25)21-6-1-2-11(9-21)22-7-5-14(20-22)15(17,18)19/h3-5,7-8,11H,1-2,6,9H2. The van der Waals surface area contributed by atoms with E-state index in [2.05, 4.69) is 21.0 Å². The summed E-state index contributed by atoms with van der Waals surface area (Å²) >= 11 is 3.21. The quantitative estimate of drug-likeness (QED) is 0.546. The van der Waals surface area contributed by atoms with Crippen LogP contribution in [0.2, 0.25) is 0 Å². The molecule has 0 spiro atoms. The van der Waals surface area contributed by atoms with Gasteiger partial charge in [0.05, 0.1) is 11.0 Å². The SMILES string of the molecule is O=[N+]([O-])c1cc(Br)ccc1N1CCCC(n2ccc(C(F)(F)F)n2)C1. The van der Waals surface area contributed by atoms with Gasteiger partial charge in [0.2, 0.25) is 0 Å². The third kappa shape index (κ3) is 3.78. The zero-order valence-corrected chi connectivity index (χ0v) is 14.5. The lowest BCUT2D eigenvalue weighted by Crippen LogP contribution is -2.37. The third-order valence-corrected chi connectivity index (χ3v) is 4.64. The lowest BCUT2D eigenvalue weighted by atomic mass is 10.0. The van der Waals surface area contributed by atoms with Gasteiger partial charge in [-0.2, -0.15) is 18.3 Å². The smallest absolute Gasteiger partial charge is 0.364 e. The minimum atomic E-state index is -4.48. The van der Waals surface area contributed by atoms with E-state index in [1.807, 2.05) is 4.90 Å². The Morgan fingerprint density at radius 1 is 1.32 bits per heavy atom. The Bertz CT molecular complexity index is 793. The molecule has 2 aromatic rings. The van der Waals surface area contributed by atoms with Gasteiger partial charge >= 0.3 is 6.18 Å². The lowest BCUT2D eigenvalue weighted by molar-refractivity contribution is -0.384. The van der Waals surface area contributed by atoms with Crippen LogP contribution in [0.25, 0.3) is 0 Å². The number of halogens is 4. The molecule has 1 aromatic carbocycles. The number of hydrogen-bond acceptors (Lipinski definition) is 4. The number of piperidine rings is 1. The van der Waals surface area contributed by atoms with E-state index in [1.54, 1.807) is 12.1 Å². The van der Waals surface area contributed by atoms with Crippen molar-refractivity contribution in [1.82, 2.24) is 9.78 Å². The second-order valence-corrected chi connectivity index (χ2v) is 6.73. The first kappa shape index (κ1) is 17.7. The van der Waals surface area contributed by atoms with Crippen LogP contribution >= 0.6 is 15.9 Å². The summed E-state index contributed by atoms with van der Waals surface area (Å²) < 4.78 is 40.1. The highest BCUT2D eigenvalue weighted by molar-refractivity contribution is 9.10. The van der Waals surface area contributed by atoms with E-state index in [4.69, 9.17) is 0 Å². The van der Waals surface area contributed by atoms with Gasteiger partial charge in [-0.25, -0.2) is 0 Å². The molecular weight excluding hydrogens is 405 g/mol. The average molecular weight is 419 g/mol. The van der Waals surface area contributed by atoms with Gasteiger partial charge in [0, 0.05) is 29.8 Å². The molecule has 0 aliphatic carbocycles. The normalized spacial score (nSPS) is 18.4. The molecule has 2 heterocycles. The van der Waals surface area contributed by atoms with Crippen LogP contribution in [0.3, 0.4) is 0 Å². The second-order valence-electron chi connectivity index (χ2n) is 5.81. The number of nitrogens with zero attached hydrogens (tertiary/aromatic N) is 4. The summed E-state index contributed by atoms with van der Waals surface area (Å²) in [6.07, 6.45) is -1.80. The number of hydrogen-bond donors (Lipinski definition) is 0. The molecule has 1 aromatic heterocycles. The van der Waals surface area contributed by atoms with E-state index >= 15 is 0 Å². The van der Waals surface area contributed by atoms with Crippen LogP contribution < -0.4 is 4.90 Å². The molecule has 25 heavy (non-hydrogen) atoms. The highest BCUT2D eigenvalue weighted by atomic mass is 79.9. The fourth-order valence-electron chi connectivity index (χ4n) is 2.99. The molecule has 10 heteroatoms. The molecule has 1 atom stereocenters. The fraction of sp³-hybridized carbons (Fsp3) is 0.400. The number of alkyl halides is 3. The van der Waals surface area contributed by atoms with Gasteiger partial charge in [0.25, 0.3) is 5.69 Å². The first-order valence-corrected chi connectivity index (χ1v) is 8.36. The minimum absolute atomic E-state index is 0.0357. The van der Waals surface area contributed by atoms with Crippen molar-refractivity contribution in [3.05, 3.63) is 50.7 Å². The first-order chi connectivity index (χ1) is 11.8. The molecule has 0 saturated carbocycles. The third-order valence-electron chi connectivity index (χ3n) is 4.14. The molecule has 0 amide bonds. The van der Waals surface area contributed by atoms with Crippen LogP contribution in [0.1, 0.15) is 24.6 Å². The summed E-state index contributed by atoms with van der Waals surface area (Å²) in [6, 6.07) is 5.46. The van der Waals surface area contributed by atoms with Crippen LogP contribution in [0.4, 0.5) is 24.5 Å². The van der Waals surface area contributed by atoms with Crippen molar-refractivity contribution < 1.29 is 18.1 Å². The molecule has 6 nitrogen and oxygen atoms in total. The monoisotopic (exact) mass is 418 g/mol. The second kappa shape index (κ2) is 6.66. The molecule has 134 valence electrons. The molecule has 1 fully saturated rings. The predicted molar refractivity (Wildman–Crippen MR) is 88.5 cm³/mol. The lowest BCUT2D eigenvalue weighted by Gasteiger charge is -2.34. The van der Waals surface area contributed by atoms with Gasteiger partial charge in [0.1, 0.15) is 5.69 Å². The molecule has 0 radical (unpaired) electrons. The zero-order chi connectivity index (χ0) is 18.2. The first-order valence-electron chi connectivity index (χ1n) is 7.57. The van der Waals surface area contributed by atoms with Crippen molar-refractivity contribution in [2.45, 2.75) is 25.1 Å². The Morgan fingerprint density at radius 3 is 2.72 bits per heavy atom. The number of nitro benzene ring substituents is 1. The van der Waals surface area contributed by atoms with Gasteiger partial charge in [0.15, 0.2) is 5.69 Å². The predicted octanol–water partition coefficient (Wildman–Crippen LogP) is 4.41. The number of rotatable bonds is 3. The molecule has 1 aliphatic rings. The van der Waals surface area contributed by atoms with Crippen molar-refractivity contribution in [3.8, 4) is 0 Å². The van der Waals surface area contributed by atoms with Crippen LogP contribution in [0, 0.1) is 10.1 Å². The Labute approximate surface area is 149 Å². The van der Waals surface area contributed by atoms with Crippen molar-refractivity contribution >= 4 is 27.3 Å². The number of anilines is 1. The molecule has 1 aliphatic heterocycles. The minimum Gasteiger partial charge on any atom is -0.364 e. The summed E-state index contributed by atoms with van der Waals surface area (Å²) in [4.78, 5) is 12.7. The highest BCUT2D eigenvalue weighted by Crippen LogP contribution is 2.35. The maximum atomic E-state index is 12.7. The number of nitro groups is 1. The van der Waals surface area contributed by atoms with E-state index in [9.17, 15) is 23.3 Å². The van der Waals surface area contributed by atoms with E-state index in [1.165, 1.54) is 16.9 Å². The molecule has 3 rings (SSSR count). The van der Waals surface area contributed by atoms with E-state index in [-0.39, 0.29) is 11.7 Å². The van der Waals surface area contributed by atoms with Crippen molar-refractivity contribution in [2.24, 2.45) is 0 Å². The topological polar surface area (TPSA) is 64.2 Å². The zero-order valence-electron chi connectivity index (χ0n) is 12.9. The van der Waals surface area contributed by atoms with E-state index in [0.29, 0.717) is 36.1 Å². The summed E-state index contributed by atoms with van der Waals surface area (Å²) in [7, 11) is 0. The maximum Gasteiger partial charge on any atom is 0.435 e. The van der Waals surface area contributed by atoms with Crippen LogP contribution in [0.15, 0.2) is 34.9 Å². The summed E-state index contributed by atoms with van der Waals surface area (Å²) in [5.41, 5.74) is -0.508. The van der Waals surface area contributed by atoms with Gasteiger partial charge < -0.3 is 4.90 Å². The van der Waals surface area contributed by atoms with Crippen molar-refractivity contribution in [1.29, 1.82) is 0 Å². The Kier molecular flexibility index (Phi) is 4.72. The van der Waals surface area contributed by atoms with Gasteiger partial charge in [-0.1, -0.05) is 15.9 Å². The summed E-state index contributed by atoms with van der Waals surface area (Å²) in [5.74, 6) is 0. The van der Waals surface area contributed by atoms with Gasteiger partial charge in [-0.15, -0.1) is 0 Å². The van der Waals surface area contributed by atoms with E-state index < -0.39 is 16.8 Å². The van der Waals surface area contributed by atoms with Crippen LogP contribution in [-0.4, -0.2) is 27.8 Å². The molecule has 0 bridgehead atoms. The molecular formula is C15H14BrF3N4O2. The maximum absolute atomic E-state index is 12.7. The van der Waals surface area contributed by atoms with Crippen LogP contribution in [0.5, 0.6) is 0 Å². The van der Waals surface area contributed by atoms with Crippen LogP contribution in [-0.2, 0) is 6.18 Å². The van der Waals surface area contributed by atoms with Gasteiger partial charge in [-0.3, -0.25) is 14.8 Å². The fourth-order valence-corrected chi connectivity index (χ4v) is 3.34. The summed E-state index contributed by atoms with van der Waals surface area (Å²) in [6.45, 7) is 0.966. The summed E-state index contributed by atoms with van der Waals surface area (Å²) in [5, 5.41) is 14.9. The highest BCUT2D eigenvalue weighted by Gasteiger charge is 2.35. The Hall–Kier alpha value is -2.10. The van der Waals surface area contributed by atoms with Crippen molar-refractivity contribution in [2.75, 3.05) is 18.0 Å². The average Bonchev–Trinajstić information content (AvgIpc) is 3.05. The number of benzene rings is 1. The van der Waals surface area contributed by atoms with Crippen molar-refractivity contribution in [3.63, 3.8) is 0 Å². The Balaban J connectivity index is 1.85. The molecule has 1 saturated heterocycles. The molecule has 0 N–H and O–H groups in total.